The topological polar surface area (TPSA) is 77.8 Å². The third kappa shape index (κ3) is 4.35. The molecule has 1 unspecified atom stereocenters. The number of nitrogens with zero attached hydrogens (tertiary/aromatic N) is 3. The van der Waals surface area contributed by atoms with Crippen LogP contribution in [-0.2, 0) is 4.79 Å². The van der Waals surface area contributed by atoms with Crippen LogP contribution in [0.3, 0.4) is 0 Å². The number of thioether (sulfide) groups is 1. The summed E-state index contributed by atoms with van der Waals surface area (Å²) in [5, 5.41) is 13.3. The lowest BCUT2D eigenvalue weighted by molar-refractivity contribution is -0.115. The van der Waals surface area contributed by atoms with Crippen LogP contribution in [0.15, 0.2) is 41.6 Å². The molecule has 0 saturated carbocycles. The van der Waals surface area contributed by atoms with Gasteiger partial charge in [0, 0.05) is 11.5 Å². The Hall–Kier alpha value is -3.26. The van der Waals surface area contributed by atoms with Crippen molar-refractivity contribution in [3.63, 3.8) is 0 Å². The summed E-state index contributed by atoms with van der Waals surface area (Å²) in [5.74, 6) is 1.09. The molecule has 2 heterocycles. The van der Waals surface area contributed by atoms with Gasteiger partial charge in [-0.2, -0.15) is 0 Å². The van der Waals surface area contributed by atoms with Crippen molar-refractivity contribution in [1.29, 1.82) is 0 Å². The fourth-order valence-electron chi connectivity index (χ4n) is 4.05. The minimum Gasteiger partial charge on any atom is -0.497 e. The number of nitrogens with one attached hydrogen (secondary N) is 1. The average molecular weight is 465 g/mol. The van der Waals surface area contributed by atoms with Crippen LogP contribution in [0.25, 0.3) is 16.6 Å². The molecule has 0 aliphatic carbocycles. The Labute approximate surface area is 197 Å². The molecule has 8 heteroatoms. The van der Waals surface area contributed by atoms with Crippen LogP contribution in [0, 0.1) is 20.8 Å². The number of carbonyl (C=O) groups excluding carboxylic acids is 1. The molecule has 0 radical (unpaired) electrons. The second-order valence-electron chi connectivity index (χ2n) is 8.05. The van der Waals surface area contributed by atoms with E-state index < -0.39 is 0 Å². The smallest absolute Gasteiger partial charge is 0.238 e. The molecule has 1 atom stereocenters. The van der Waals surface area contributed by atoms with E-state index in [4.69, 9.17) is 9.47 Å². The number of fused-ring (bicyclic) bond motifs is 3. The van der Waals surface area contributed by atoms with Crippen LogP contribution in [0.2, 0.25) is 0 Å². The van der Waals surface area contributed by atoms with Gasteiger partial charge in [0.2, 0.25) is 5.91 Å². The van der Waals surface area contributed by atoms with E-state index in [-0.39, 0.29) is 11.2 Å². The summed E-state index contributed by atoms with van der Waals surface area (Å²) in [6, 6.07) is 11.7. The van der Waals surface area contributed by atoms with Crippen molar-refractivity contribution >= 4 is 39.9 Å². The van der Waals surface area contributed by atoms with Crippen molar-refractivity contribution in [2.45, 2.75) is 44.5 Å². The zero-order chi connectivity index (χ0) is 23.7. The standard InChI is InChI=1S/C25H28N4O3S/c1-7-21(24(30)26-19-9-8-17(31-5)13-20(19)32-6)33-25-28-27-22-12-15(3)18-11-14(2)10-16(4)23(18)29(22)25/h8-13,21H,7H2,1-6H3,(H,26,30). The number of benzene rings is 2. The molecule has 7 nitrogen and oxygen atoms in total. The number of aromatic nitrogens is 3. The number of ether oxygens (including phenoxy) is 2. The Morgan fingerprint density at radius 2 is 1.85 bits per heavy atom. The predicted molar refractivity (Wildman–Crippen MR) is 133 cm³/mol. The Morgan fingerprint density at radius 3 is 2.55 bits per heavy atom. The van der Waals surface area contributed by atoms with Crippen LogP contribution in [0.5, 0.6) is 11.5 Å². The van der Waals surface area contributed by atoms with Gasteiger partial charge >= 0.3 is 0 Å². The first-order chi connectivity index (χ1) is 15.9. The number of methoxy groups -OCH3 is 2. The highest BCUT2D eigenvalue weighted by Crippen LogP contribution is 2.33. The maximum Gasteiger partial charge on any atom is 0.238 e. The van der Waals surface area contributed by atoms with Gasteiger partial charge in [-0.15, -0.1) is 10.2 Å². The number of pyridine rings is 1. The molecule has 1 N–H and O–H groups in total. The minimum absolute atomic E-state index is 0.119. The molecule has 0 fully saturated rings. The minimum atomic E-state index is -0.355. The zero-order valence-electron chi connectivity index (χ0n) is 19.7. The summed E-state index contributed by atoms with van der Waals surface area (Å²) in [5.41, 5.74) is 5.98. The van der Waals surface area contributed by atoms with E-state index >= 15 is 0 Å². The largest absolute Gasteiger partial charge is 0.497 e. The maximum atomic E-state index is 13.2. The van der Waals surface area contributed by atoms with Crippen molar-refractivity contribution < 1.29 is 14.3 Å². The van der Waals surface area contributed by atoms with Gasteiger partial charge in [-0.1, -0.05) is 30.3 Å². The number of aryl methyl sites for hydroxylation is 3. The van der Waals surface area contributed by atoms with Crippen molar-refractivity contribution in [2.75, 3.05) is 19.5 Å². The highest BCUT2D eigenvalue weighted by molar-refractivity contribution is 8.00. The summed E-state index contributed by atoms with van der Waals surface area (Å²) in [6.45, 7) is 8.28. The van der Waals surface area contributed by atoms with E-state index in [1.54, 1.807) is 32.4 Å². The summed E-state index contributed by atoms with van der Waals surface area (Å²) < 4.78 is 12.7. The molecular weight excluding hydrogens is 436 g/mol. The number of amides is 1. The molecule has 0 aliphatic heterocycles. The Kier molecular flexibility index (Phi) is 6.47. The molecule has 2 aromatic carbocycles. The highest BCUT2D eigenvalue weighted by atomic mass is 32.2. The van der Waals surface area contributed by atoms with E-state index in [0.29, 0.717) is 28.8 Å². The molecule has 0 spiro atoms. The monoisotopic (exact) mass is 464 g/mol. The molecule has 33 heavy (non-hydrogen) atoms. The average Bonchev–Trinajstić information content (AvgIpc) is 3.19. The lowest BCUT2D eigenvalue weighted by Gasteiger charge is -2.17. The van der Waals surface area contributed by atoms with Gasteiger partial charge in [0.1, 0.15) is 11.5 Å². The Balaban J connectivity index is 1.68. The quantitative estimate of drug-likeness (QED) is 0.372. The van der Waals surface area contributed by atoms with Crippen molar-refractivity contribution in [3.8, 4) is 11.5 Å². The maximum absolute atomic E-state index is 13.2. The normalized spacial score (nSPS) is 12.2. The van der Waals surface area contributed by atoms with Gasteiger partial charge < -0.3 is 14.8 Å². The number of rotatable bonds is 7. The molecule has 0 bridgehead atoms. The van der Waals surface area contributed by atoms with Gasteiger partial charge in [0.25, 0.3) is 0 Å². The van der Waals surface area contributed by atoms with Gasteiger partial charge in [-0.3, -0.25) is 9.20 Å². The number of anilines is 1. The van der Waals surface area contributed by atoms with E-state index in [2.05, 4.69) is 52.8 Å². The molecule has 172 valence electrons. The first kappa shape index (κ1) is 22.9. The summed E-state index contributed by atoms with van der Waals surface area (Å²) in [4.78, 5) is 13.2. The van der Waals surface area contributed by atoms with Gasteiger partial charge in [0.15, 0.2) is 10.8 Å². The lowest BCUT2D eigenvalue weighted by atomic mass is 10.0. The van der Waals surface area contributed by atoms with Crippen LogP contribution >= 0.6 is 11.8 Å². The molecule has 4 rings (SSSR count). The number of carbonyl (C=O) groups is 1. The number of hydrogen-bond donors (Lipinski definition) is 1. The highest BCUT2D eigenvalue weighted by Gasteiger charge is 2.23. The van der Waals surface area contributed by atoms with Crippen molar-refractivity contribution in [3.05, 3.63) is 53.1 Å². The first-order valence-corrected chi connectivity index (χ1v) is 11.7. The van der Waals surface area contributed by atoms with E-state index in [9.17, 15) is 4.79 Å². The molecule has 2 aromatic heterocycles. The summed E-state index contributed by atoms with van der Waals surface area (Å²) in [6.07, 6.45) is 0.631. The van der Waals surface area contributed by atoms with E-state index in [0.717, 1.165) is 22.3 Å². The SMILES string of the molecule is CCC(Sc1nnc2cc(C)c3cc(C)cc(C)c3n12)C(=O)Nc1ccc(OC)cc1OC. The van der Waals surface area contributed by atoms with Crippen LogP contribution in [0.4, 0.5) is 5.69 Å². The zero-order valence-corrected chi connectivity index (χ0v) is 20.5. The van der Waals surface area contributed by atoms with Gasteiger partial charge in [-0.05, 0) is 62.6 Å². The lowest BCUT2D eigenvalue weighted by Crippen LogP contribution is -2.25. The third-order valence-corrected chi connectivity index (χ3v) is 6.98. The van der Waals surface area contributed by atoms with Crippen LogP contribution in [0.1, 0.15) is 30.0 Å². The Morgan fingerprint density at radius 1 is 1.06 bits per heavy atom. The van der Waals surface area contributed by atoms with Crippen molar-refractivity contribution in [2.24, 2.45) is 0 Å². The molecule has 1 amide bonds. The molecule has 4 aromatic rings. The molecule has 0 saturated heterocycles. The third-order valence-electron chi connectivity index (χ3n) is 5.67. The second kappa shape index (κ2) is 9.31. The summed E-state index contributed by atoms with van der Waals surface area (Å²) >= 11 is 1.42. The van der Waals surface area contributed by atoms with Gasteiger partial charge in [-0.25, -0.2) is 0 Å². The predicted octanol–water partition coefficient (Wildman–Crippen LogP) is 5.33. The van der Waals surface area contributed by atoms with E-state index in [1.165, 1.54) is 22.7 Å². The van der Waals surface area contributed by atoms with Crippen LogP contribution < -0.4 is 14.8 Å². The first-order valence-electron chi connectivity index (χ1n) is 10.8. The van der Waals surface area contributed by atoms with Crippen molar-refractivity contribution in [1.82, 2.24) is 14.6 Å². The molecular formula is C25H28N4O3S. The molecule has 0 aliphatic rings. The number of hydrogen-bond acceptors (Lipinski definition) is 6. The second-order valence-corrected chi connectivity index (χ2v) is 9.22. The summed E-state index contributed by atoms with van der Waals surface area (Å²) in [7, 11) is 3.16. The Bertz CT molecular complexity index is 1350. The van der Waals surface area contributed by atoms with Crippen LogP contribution in [-0.4, -0.2) is 40.0 Å². The fourth-order valence-corrected chi connectivity index (χ4v) is 5.02. The van der Waals surface area contributed by atoms with Gasteiger partial charge in [0.05, 0.1) is 30.7 Å². The fraction of sp³-hybridized carbons (Fsp3) is 0.320. The van der Waals surface area contributed by atoms with E-state index in [1.807, 2.05) is 13.0 Å².